The molecule has 2 saturated heterocycles. The van der Waals surface area contributed by atoms with E-state index in [4.69, 9.17) is 28.8 Å². The lowest BCUT2D eigenvalue weighted by Gasteiger charge is -2.47. The van der Waals surface area contributed by atoms with Gasteiger partial charge in [0, 0.05) is 0 Å². The Morgan fingerprint density at radius 2 is 1.57 bits per heavy atom. The molecule has 0 bridgehead atoms. The van der Waals surface area contributed by atoms with Crippen LogP contribution in [0.4, 0.5) is 0 Å². The number of carbonyl (C=O) groups is 1. The molecule has 13 N–H and O–H groups in total. The van der Waals surface area contributed by atoms with Crippen LogP contribution >= 0.6 is 0 Å². The van der Waals surface area contributed by atoms with Crippen molar-refractivity contribution in [2.75, 3.05) is 19.8 Å². The summed E-state index contributed by atoms with van der Waals surface area (Å²) < 4.78 is 26.7. The van der Waals surface area contributed by atoms with Gasteiger partial charge in [-0.05, 0) is 12.5 Å². The normalized spacial score (nSPS) is 45.6. The van der Waals surface area contributed by atoms with Gasteiger partial charge in [-0.1, -0.05) is 6.08 Å². The first-order valence-electron chi connectivity index (χ1n) is 13.8. The van der Waals surface area contributed by atoms with Crippen molar-refractivity contribution in [1.82, 2.24) is 5.32 Å². The van der Waals surface area contributed by atoms with E-state index in [9.17, 15) is 61.0 Å². The van der Waals surface area contributed by atoms with Gasteiger partial charge in [0.05, 0.1) is 38.0 Å². The van der Waals surface area contributed by atoms with Gasteiger partial charge < -0.3 is 90.3 Å². The summed E-state index contributed by atoms with van der Waals surface area (Å²) in [6.07, 6.45) is -21.9. The predicted molar refractivity (Wildman–Crippen MR) is 137 cm³/mol. The molecule has 0 aromatic rings. The van der Waals surface area contributed by atoms with E-state index in [1.54, 1.807) is 0 Å². The van der Waals surface area contributed by atoms with Gasteiger partial charge in [-0.25, -0.2) is 4.79 Å². The lowest BCUT2D eigenvalue weighted by Crippen LogP contribution is -2.68. The number of hydrogen-bond acceptors (Lipinski definition) is 19. The van der Waals surface area contributed by atoms with Gasteiger partial charge in [-0.2, -0.15) is 0 Å². The van der Waals surface area contributed by atoms with Crippen molar-refractivity contribution < 1.29 is 89.8 Å². The summed E-state index contributed by atoms with van der Waals surface area (Å²) in [5, 5.41) is 125. The highest BCUT2D eigenvalue weighted by Gasteiger charge is 2.53. The minimum atomic E-state index is -2.00. The van der Waals surface area contributed by atoms with Crippen LogP contribution in [0.25, 0.3) is 0 Å². The molecule has 19 nitrogen and oxygen atoms in total. The van der Waals surface area contributed by atoms with Gasteiger partial charge in [-0.15, -0.1) is 0 Å². The van der Waals surface area contributed by atoms with Crippen molar-refractivity contribution in [2.24, 2.45) is 0 Å². The summed E-state index contributed by atoms with van der Waals surface area (Å²) in [6, 6.07) is -2.19. The number of aliphatic hydroxyl groups excluding tert-OH is 12. The number of cyclic esters (lactones) is 1. The lowest BCUT2D eigenvalue weighted by molar-refractivity contribution is -0.346. The molecule has 252 valence electrons. The number of ether oxygens (including phenoxy) is 5. The summed E-state index contributed by atoms with van der Waals surface area (Å²) >= 11 is 0. The van der Waals surface area contributed by atoms with Crippen molar-refractivity contribution >= 4 is 5.97 Å². The van der Waals surface area contributed by atoms with Gasteiger partial charge in [0.15, 0.2) is 18.2 Å². The lowest BCUT2D eigenvalue weighted by atomic mass is 9.86. The Morgan fingerprint density at radius 1 is 0.909 bits per heavy atom. The van der Waals surface area contributed by atoms with Crippen LogP contribution in [-0.4, -0.2) is 185 Å². The Morgan fingerprint density at radius 3 is 2.18 bits per heavy atom. The zero-order chi connectivity index (χ0) is 32.6. The van der Waals surface area contributed by atoms with Crippen LogP contribution in [0.15, 0.2) is 23.2 Å². The molecule has 4 aliphatic rings. The molecule has 44 heavy (non-hydrogen) atoms. The number of aliphatic hydroxyl groups is 12. The molecule has 0 aromatic heterocycles. The van der Waals surface area contributed by atoms with Gasteiger partial charge in [0.2, 0.25) is 12.0 Å². The highest BCUT2D eigenvalue weighted by atomic mass is 16.7. The van der Waals surface area contributed by atoms with Crippen LogP contribution in [0, 0.1) is 0 Å². The fourth-order valence-corrected chi connectivity index (χ4v) is 5.45. The molecule has 0 saturated carbocycles. The van der Waals surface area contributed by atoms with Crippen LogP contribution < -0.4 is 5.32 Å². The van der Waals surface area contributed by atoms with Gasteiger partial charge >= 0.3 is 5.97 Å². The molecule has 19 heteroatoms. The maximum absolute atomic E-state index is 12.1. The maximum atomic E-state index is 12.1. The van der Waals surface area contributed by atoms with E-state index in [1.165, 1.54) is 13.0 Å². The summed E-state index contributed by atoms with van der Waals surface area (Å²) in [5.41, 5.74) is 0.0157. The summed E-state index contributed by atoms with van der Waals surface area (Å²) in [4.78, 5) is 12.1. The van der Waals surface area contributed by atoms with Crippen molar-refractivity contribution in [3.8, 4) is 0 Å². The first-order chi connectivity index (χ1) is 20.7. The van der Waals surface area contributed by atoms with E-state index in [0.717, 1.165) is 0 Å². The minimum Gasteiger partial charge on any atom is -0.505 e. The molecule has 0 spiro atoms. The Labute approximate surface area is 249 Å². The Kier molecular flexibility index (Phi) is 11.2. The summed E-state index contributed by atoms with van der Waals surface area (Å²) in [7, 11) is 0. The molecular formula is C25H39NO18. The summed E-state index contributed by atoms with van der Waals surface area (Å²) in [6.45, 7) is -0.905. The fraction of sp³-hybridized carbons (Fsp3) is 0.800. The number of carbonyl (C=O) groups excluding carboxylic acids is 1. The molecular weight excluding hydrogens is 602 g/mol. The minimum absolute atomic E-state index is 0.0157. The van der Waals surface area contributed by atoms with Gasteiger partial charge in [0.1, 0.15) is 61.0 Å². The Balaban J connectivity index is 1.43. The van der Waals surface area contributed by atoms with E-state index < -0.39 is 135 Å². The monoisotopic (exact) mass is 641 g/mol. The second-order valence-corrected chi connectivity index (χ2v) is 11.0. The van der Waals surface area contributed by atoms with E-state index >= 15 is 0 Å². The third kappa shape index (κ3) is 6.58. The molecule has 4 rings (SSSR count). The highest BCUT2D eigenvalue weighted by Crippen LogP contribution is 2.33. The van der Waals surface area contributed by atoms with E-state index in [-0.39, 0.29) is 5.57 Å². The third-order valence-corrected chi connectivity index (χ3v) is 8.04. The van der Waals surface area contributed by atoms with E-state index in [2.05, 4.69) is 5.32 Å². The van der Waals surface area contributed by atoms with Crippen molar-refractivity contribution in [2.45, 2.75) is 105 Å². The Bertz CT molecular complexity index is 1070. The Hall–Kier alpha value is -2.05. The zero-order valence-electron chi connectivity index (χ0n) is 23.3. The van der Waals surface area contributed by atoms with Gasteiger partial charge in [-0.3, -0.25) is 0 Å². The second-order valence-electron chi connectivity index (χ2n) is 11.0. The average molecular weight is 642 g/mol. The molecule has 0 radical (unpaired) electrons. The molecule has 1 aliphatic carbocycles. The van der Waals surface area contributed by atoms with E-state index in [1.807, 2.05) is 0 Å². The van der Waals surface area contributed by atoms with Crippen LogP contribution in [0.5, 0.6) is 0 Å². The molecule has 16 atom stereocenters. The fourth-order valence-electron chi connectivity index (χ4n) is 5.45. The summed E-state index contributed by atoms with van der Waals surface area (Å²) in [5.74, 6) is -3.08. The molecule has 0 unspecified atom stereocenters. The standard InChI is InChI=1S/C25H39NO18/c1-6-11(26-8-2-7(3-27)12(31)15(34)13(8)32)14(33)17(36)24(40-6)43-21-10(5-29)41-25(18(37)16(21)35)44-22-19(38)20(9(30)4-28)42-23(22)39/h2,6,8-18,20-21,24-38H,3-5H2,1H3/t6-,8+,9+,10-,11-,12-,13+,14+,15+,16-,17-,18-,20-,21-,24-,25-/m1/s1. The van der Waals surface area contributed by atoms with Crippen LogP contribution in [0.3, 0.4) is 0 Å². The highest BCUT2D eigenvalue weighted by molar-refractivity contribution is 5.89. The van der Waals surface area contributed by atoms with E-state index in [0.29, 0.717) is 0 Å². The third-order valence-electron chi connectivity index (χ3n) is 8.04. The van der Waals surface area contributed by atoms with Crippen LogP contribution in [-0.2, 0) is 28.5 Å². The molecule has 0 aromatic carbocycles. The molecule has 3 heterocycles. The largest absolute Gasteiger partial charge is 0.505 e. The first kappa shape index (κ1) is 34.8. The molecule has 3 aliphatic heterocycles. The van der Waals surface area contributed by atoms with Crippen LogP contribution in [0.2, 0.25) is 0 Å². The maximum Gasteiger partial charge on any atom is 0.378 e. The second kappa shape index (κ2) is 14.2. The number of esters is 1. The predicted octanol–water partition coefficient (Wildman–Crippen LogP) is -7.32. The number of rotatable bonds is 10. The topological polar surface area (TPSA) is 318 Å². The molecule has 2 fully saturated rings. The number of hydrogen-bond donors (Lipinski definition) is 13. The van der Waals surface area contributed by atoms with Crippen molar-refractivity contribution in [1.29, 1.82) is 0 Å². The van der Waals surface area contributed by atoms with Crippen LogP contribution in [0.1, 0.15) is 6.92 Å². The SMILES string of the molecule is C[C@H]1O[C@H](O[C@H]2[C@H](O)[C@@H](O)[C@@H](OC3=C(O)[C@@H]([C@@H](O)CO)OC3=O)O[C@@H]2CO)[C@H](O)[C@@H](O)[C@@H]1N[C@H]1C=C(CO)[C@@H](O)[C@H](O)[C@H]1O. The van der Waals surface area contributed by atoms with Crippen molar-refractivity contribution in [3.63, 3.8) is 0 Å². The number of nitrogens with one attached hydrogen (secondary N) is 1. The first-order valence-corrected chi connectivity index (χ1v) is 13.8. The molecule has 0 amide bonds. The quantitative estimate of drug-likeness (QED) is 0.0778. The average Bonchev–Trinajstić information content (AvgIpc) is 3.29. The smallest absolute Gasteiger partial charge is 0.378 e. The van der Waals surface area contributed by atoms with Crippen molar-refractivity contribution in [3.05, 3.63) is 23.2 Å². The zero-order valence-corrected chi connectivity index (χ0v) is 23.3. The van der Waals surface area contributed by atoms with Gasteiger partial charge in [0.25, 0.3) is 0 Å².